The molecule has 2 aliphatic rings. The van der Waals surface area contributed by atoms with Crippen molar-refractivity contribution in [2.45, 2.75) is 38.5 Å². The van der Waals surface area contributed by atoms with E-state index in [2.05, 4.69) is 11.9 Å². The minimum Gasteiger partial charge on any atom is -0.325 e. The average Bonchev–Trinajstić information content (AvgIpc) is 2.94. The lowest BCUT2D eigenvalue weighted by atomic mass is 9.74. The first-order valence-electron chi connectivity index (χ1n) is 9.57. The van der Waals surface area contributed by atoms with Crippen molar-refractivity contribution < 1.29 is 9.59 Å². The number of piperidine rings is 1. The Bertz CT molecular complexity index is 1010. The van der Waals surface area contributed by atoms with Crippen LogP contribution in [0.3, 0.4) is 0 Å². The molecule has 2 aromatic carbocycles. The van der Waals surface area contributed by atoms with Gasteiger partial charge in [-0.15, -0.1) is 0 Å². The minimum absolute atomic E-state index is 0.0151. The number of carbonyl (C=O) groups is 2. The van der Waals surface area contributed by atoms with Gasteiger partial charge in [-0.1, -0.05) is 43.3 Å². The number of amides is 2. The summed E-state index contributed by atoms with van der Waals surface area (Å²) in [5.41, 5.74) is 4.52. The number of hydrogen-bond acceptors (Lipinski definition) is 2. The second-order valence-electron chi connectivity index (χ2n) is 7.66. The third-order valence-corrected chi connectivity index (χ3v) is 6.19. The topological polar surface area (TPSA) is 49.4 Å². The van der Waals surface area contributed by atoms with E-state index in [9.17, 15) is 9.59 Å². The number of benzene rings is 2. The molecule has 1 spiro atoms. The second-order valence-corrected chi connectivity index (χ2v) is 8.07. The molecule has 28 heavy (non-hydrogen) atoms. The smallest absolute Gasteiger partial charge is 0.236 e. The third-order valence-electron chi connectivity index (χ3n) is 5.91. The van der Waals surface area contributed by atoms with Gasteiger partial charge >= 0.3 is 0 Å². The van der Waals surface area contributed by atoms with Crippen LogP contribution in [0, 0.1) is 6.92 Å². The summed E-state index contributed by atoms with van der Waals surface area (Å²) in [6.07, 6.45) is 1.55. The van der Waals surface area contributed by atoms with E-state index in [1.165, 1.54) is 0 Å². The summed E-state index contributed by atoms with van der Waals surface area (Å²) < 4.78 is 0. The van der Waals surface area contributed by atoms with E-state index in [4.69, 9.17) is 11.6 Å². The molecule has 1 N–H and O–H groups in total. The molecule has 2 heterocycles. The van der Waals surface area contributed by atoms with Crippen LogP contribution in [0.2, 0.25) is 5.02 Å². The maximum absolute atomic E-state index is 13.0. The highest BCUT2D eigenvalue weighted by Gasteiger charge is 2.51. The Labute approximate surface area is 170 Å². The number of allylic oxidation sites excluding steroid dienone is 1. The van der Waals surface area contributed by atoms with Crippen LogP contribution in [0.4, 0.5) is 11.4 Å². The SMILES string of the molecule is C=C(CC)c1cc(C)cc(Cl)c1N1CC2(CCC1=O)C(=O)Nc1ccccc12. The van der Waals surface area contributed by atoms with E-state index < -0.39 is 5.41 Å². The molecule has 2 amide bonds. The molecule has 1 saturated heterocycles. The third kappa shape index (κ3) is 2.75. The molecule has 4 rings (SSSR count). The fraction of sp³-hybridized carbons (Fsp3) is 0.304. The first-order valence-corrected chi connectivity index (χ1v) is 9.95. The van der Waals surface area contributed by atoms with E-state index in [0.717, 1.165) is 34.4 Å². The molecule has 0 aliphatic carbocycles. The molecular weight excluding hydrogens is 372 g/mol. The Kier molecular flexibility index (Phi) is 4.54. The molecule has 0 radical (unpaired) electrons. The van der Waals surface area contributed by atoms with Gasteiger partial charge in [0.1, 0.15) is 0 Å². The molecule has 2 aromatic rings. The van der Waals surface area contributed by atoms with Gasteiger partial charge < -0.3 is 10.2 Å². The van der Waals surface area contributed by atoms with Crippen molar-refractivity contribution in [1.82, 2.24) is 0 Å². The fourth-order valence-electron chi connectivity index (χ4n) is 4.34. The predicted molar refractivity (Wildman–Crippen MR) is 114 cm³/mol. The number of carbonyl (C=O) groups excluding carboxylic acids is 2. The standard InChI is InChI=1S/C23H23ClN2O2/c1-4-15(3)16-11-14(2)12-18(24)21(16)26-13-23(10-9-20(26)27)17-7-5-6-8-19(17)25-22(23)28/h5-8,11-12H,3-4,9-10,13H2,1-2H3,(H,25,28). The maximum Gasteiger partial charge on any atom is 0.236 e. The molecule has 0 saturated carbocycles. The van der Waals surface area contributed by atoms with Crippen molar-refractivity contribution in [1.29, 1.82) is 0 Å². The van der Waals surface area contributed by atoms with Gasteiger partial charge in [0.15, 0.2) is 0 Å². The van der Waals surface area contributed by atoms with Gasteiger partial charge in [-0.05, 0) is 54.7 Å². The lowest BCUT2D eigenvalue weighted by Crippen LogP contribution is -2.52. The highest BCUT2D eigenvalue weighted by atomic mass is 35.5. The largest absolute Gasteiger partial charge is 0.325 e. The van der Waals surface area contributed by atoms with Gasteiger partial charge in [-0.2, -0.15) is 0 Å². The van der Waals surface area contributed by atoms with Crippen LogP contribution < -0.4 is 10.2 Å². The highest BCUT2D eigenvalue weighted by molar-refractivity contribution is 6.34. The van der Waals surface area contributed by atoms with E-state index in [-0.39, 0.29) is 18.4 Å². The number of para-hydroxylation sites is 1. The van der Waals surface area contributed by atoms with Crippen molar-refractivity contribution in [3.63, 3.8) is 0 Å². The van der Waals surface area contributed by atoms with Gasteiger partial charge in [0, 0.05) is 24.2 Å². The molecule has 0 aromatic heterocycles. The molecule has 1 unspecified atom stereocenters. The fourth-order valence-corrected chi connectivity index (χ4v) is 4.72. The Morgan fingerprint density at radius 3 is 2.79 bits per heavy atom. The van der Waals surface area contributed by atoms with Gasteiger partial charge in [0.25, 0.3) is 0 Å². The molecule has 0 bridgehead atoms. The number of anilines is 2. The summed E-state index contributed by atoms with van der Waals surface area (Å²) in [5, 5.41) is 3.51. The second kappa shape index (κ2) is 6.78. The molecular formula is C23H23ClN2O2. The predicted octanol–water partition coefficient (Wildman–Crippen LogP) is 5.09. The quantitative estimate of drug-likeness (QED) is 0.788. The normalized spacial score (nSPS) is 21.0. The van der Waals surface area contributed by atoms with Gasteiger partial charge in [-0.3, -0.25) is 9.59 Å². The summed E-state index contributed by atoms with van der Waals surface area (Å²) in [7, 11) is 0. The van der Waals surface area contributed by atoms with Crippen LogP contribution in [0.5, 0.6) is 0 Å². The van der Waals surface area contributed by atoms with E-state index >= 15 is 0 Å². The van der Waals surface area contributed by atoms with E-state index in [0.29, 0.717) is 23.6 Å². The molecule has 144 valence electrons. The van der Waals surface area contributed by atoms with Crippen molar-refractivity contribution >= 4 is 40.4 Å². The first kappa shape index (κ1) is 18.8. The van der Waals surface area contributed by atoms with E-state index in [1.807, 2.05) is 50.2 Å². The van der Waals surface area contributed by atoms with Crippen LogP contribution in [0.1, 0.15) is 42.9 Å². The highest BCUT2D eigenvalue weighted by Crippen LogP contribution is 2.47. The monoisotopic (exact) mass is 394 g/mol. The van der Waals surface area contributed by atoms with Gasteiger partial charge in [0.2, 0.25) is 11.8 Å². The van der Waals surface area contributed by atoms with Crippen LogP contribution >= 0.6 is 11.6 Å². The summed E-state index contributed by atoms with van der Waals surface area (Å²) in [6.45, 7) is 8.45. The Morgan fingerprint density at radius 1 is 1.29 bits per heavy atom. The van der Waals surface area contributed by atoms with Crippen molar-refractivity contribution in [2.75, 3.05) is 16.8 Å². The Morgan fingerprint density at radius 2 is 2.04 bits per heavy atom. The molecule has 2 aliphatic heterocycles. The maximum atomic E-state index is 13.0. The lowest BCUT2D eigenvalue weighted by molar-refractivity contribution is -0.125. The van der Waals surface area contributed by atoms with Gasteiger partial charge in [0.05, 0.1) is 16.1 Å². The number of halogens is 1. The number of rotatable bonds is 3. The average molecular weight is 395 g/mol. The Balaban J connectivity index is 1.85. The van der Waals surface area contributed by atoms with Crippen molar-refractivity contribution in [3.05, 3.63) is 64.7 Å². The zero-order valence-electron chi connectivity index (χ0n) is 16.1. The van der Waals surface area contributed by atoms with Crippen LogP contribution in [-0.2, 0) is 15.0 Å². The molecule has 1 fully saturated rings. The zero-order valence-corrected chi connectivity index (χ0v) is 16.9. The van der Waals surface area contributed by atoms with E-state index in [1.54, 1.807) is 4.90 Å². The number of hydrogen-bond donors (Lipinski definition) is 1. The van der Waals surface area contributed by atoms with Crippen molar-refractivity contribution in [2.24, 2.45) is 0 Å². The zero-order chi connectivity index (χ0) is 20.1. The minimum atomic E-state index is -0.746. The number of nitrogens with one attached hydrogen (secondary N) is 1. The van der Waals surface area contributed by atoms with Crippen LogP contribution in [0.25, 0.3) is 5.57 Å². The number of aryl methyl sites for hydroxylation is 1. The summed E-state index contributed by atoms with van der Waals surface area (Å²) >= 11 is 6.63. The molecule has 5 heteroatoms. The van der Waals surface area contributed by atoms with Crippen LogP contribution in [0.15, 0.2) is 43.0 Å². The van der Waals surface area contributed by atoms with Gasteiger partial charge in [-0.25, -0.2) is 0 Å². The number of fused-ring (bicyclic) bond motifs is 2. The number of nitrogens with zero attached hydrogens (tertiary/aromatic N) is 1. The molecule has 1 atom stereocenters. The lowest BCUT2D eigenvalue weighted by Gasteiger charge is -2.40. The van der Waals surface area contributed by atoms with Crippen molar-refractivity contribution in [3.8, 4) is 0 Å². The summed E-state index contributed by atoms with van der Waals surface area (Å²) in [4.78, 5) is 27.7. The van der Waals surface area contributed by atoms with Crippen LogP contribution in [-0.4, -0.2) is 18.4 Å². The first-order chi connectivity index (χ1) is 13.4. The Hall–Kier alpha value is -2.59. The molecule has 4 nitrogen and oxygen atoms in total. The summed E-state index contributed by atoms with van der Waals surface area (Å²) in [5.74, 6) is -0.0657. The summed E-state index contributed by atoms with van der Waals surface area (Å²) in [6, 6.07) is 11.6.